The van der Waals surface area contributed by atoms with Gasteiger partial charge in [-0.3, -0.25) is 9.59 Å². The molecule has 1 amide bonds. The molecule has 4 rings (SSSR count). The van der Waals surface area contributed by atoms with Crippen LogP contribution in [0, 0.1) is 0 Å². The van der Waals surface area contributed by atoms with Crippen LogP contribution < -0.4 is 9.47 Å². The number of likely N-dealkylation sites (tertiary alicyclic amines) is 1. The van der Waals surface area contributed by atoms with Gasteiger partial charge < -0.3 is 23.9 Å². The molecule has 1 aliphatic rings. The average Bonchev–Trinajstić information content (AvgIpc) is 3.50. The minimum absolute atomic E-state index is 0.0111. The smallest absolute Gasteiger partial charge is 0.296 e. The summed E-state index contributed by atoms with van der Waals surface area (Å²) >= 11 is 0. The fourth-order valence-corrected chi connectivity index (χ4v) is 4.08. The predicted molar refractivity (Wildman–Crippen MR) is 136 cm³/mol. The zero-order chi connectivity index (χ0) is 25.5. The molecular weight excluding hydrogens is 458 g/mol. The van der Waals surface area contributed by atoms with Crippen molar-refractivity contribution in [1.82, 2.24) is 4.90 Å². The van der Waals surface area contributed by atoms with Gasteiger partial charge in [0.05, 0.1) is 31.0 Å². The summed E-state index contributed by atoms with van der Waals surface area (Å²) in [5, 5.41) is 11.3. The van der Waals surface area contributed by atoms with Crippen molar-refractivity contribution < 1.29 is 28.6 Å². The standard InChI is InChI=1S/C29H29NO6/c1-3-5-16-35-23-9-6-8-21(18-23)27(31)25-26(20-11-13-22(14-12-20)34-15-4-2)30(29(33)28(25)32)19-24-10-7-17-36-24/h4,6-14,17-18,26,31H,2-3,5,15-16,19H2,1H3. The number of rotatable bonds is 11. The third kappa shape index (κ3) is 5.35. The highest BCUT2D eigenvalue weighted by Gasteiger charge is 2.46. The Hall–Kier alpha value is -4.26. The number of aliphatic hydroxyl groups excluding tert-OH is 1. The SMILES string of the molecule is C=CCOc1ccc(C2C(=C(O)c3cccc(OCCCC)c3)C(=O)C(=O)N2Cc2ccco2)cc1. The number of ketones is 1. The van der Waals surface area contributed by atoms with E-state index in [0.29, 0.717) is 41.6 Å². The van der Waals surface area contributed by atoms with E-state index < -0.39 is 17.7 Å². The number of benzene rings is 2. The molecule has 7 nitrogen and oxygen atoms in total. The van der Waals surface area contributed by atoms with Crippen LogP contribution in [0.5, 0.6) is 11.5 Å². The van der Waals surface area contributed by atoms with Crippen LogP contribution in [0.25, 0.3) is 5.76 Å². The first-order chi connectivity index (χ1) is 17.5. The number of furan rings is 1. The second kappa shape index (κ2) is 11.4. The normalized spacial score (nSPS) is 16.8. The lowest BCUT2D eigenvalue weighted by atomic mass is 9.95. The number of Topliss-reactive ketones (excluding diaryl/α,β-unsaturated/α-hetero) is 1. The average molecular weight is 488 g/mol. The van der Waals surface area contributed by atoms with E-state index in [-0.39, 0.29) is 17.9 Å². The second-order valence-electron chi connectivity index (χ2n) is 8.40. The molecule has 1 aliphatic heterocycles. The lowest BCUT2D eigenvalue weighted by Crippen LogP contribution is -2.29. The molecule has 0 aliphatic carbocycles. The molecule has 1 unspecified atom stereocenters. The third-order valence-electron chi connectivity index (χ3n) is 5.88. The topological polar surface area (TPSA) is 89.2 Å². The number of carbonyl (C=O) groups is 2. The fourth-order valence-electron chi connectivity index (χ4n) is 4.08. The van der Waals surface area contributed by atoms with Gasteiger partial charge in [-0.25, -0.2) is 0 Å². The molecule has 36 heavy (non-hydrogen) atoms. The van der Waals surface area contributed by atoms with Gasteiger partial charge in [-0.05, 0) is 48.4 Å². The van der Waals surface area contributed by atoms with E-state index in [0.717, 1.165) is 12.8 Å². The number of aliphatic hydroxyl groups is 1. The quantitative estimate of drug-likeness (QED) is 0.124. The summed E-state index contributed by atoms with van der Waals surface area (Å²) in [5.74, 6) is 0.0112. The van der Waals surface area contributed by atoms with Crippen molar-refractivity contribution in [2.45, 2.75) is 32.4 Å². The Morgan fingerprint density at radius 1 is 1.08 bits per heavy atom. The van der Waals surface area contributed by atoms with Gasteiger partial charge in [-0.1, -0.05) is 50.3 Å². The van der Waals surface area contributed by atoms with Crippen LogP contribution in [0.3, 0.4) is 0 Å². The largest absolute Gasteiger partial charge is 0.507 e. The van der Waals surface area contributed by atoms with Gasteiger partial charge in [0.15, 0.2) is 0 Å². The number of nitrogens with zero attached hydrogens (tertiary/aromatic N) is 1. The second-order valence-corrected chi connectivity index (χ2v) is 8.40. The highest BCUT2D eigenvalue weighted by atomic mass is 16.5. The molecule has 1 saturated heterocycles. The molecule has 1 atom stereocenters. The van der Waals surface area contributed by atoms with E-state index in [1.165, 1.54) is 11.2 Å². The van der Waals surface area contributed by atoms with Gasteiger partial charge in [-0.2, -0.15) is 0 Å². The molecule has 0 radical (unpaired) electrons. The van der Waals surface area contributed by atoms with E-state index in [4.69, 9.17) is 13.9 Å². The lowest BCUT2D eigenvalue weighted by molar-refractivity contribution is -0.140. The van der Waals surface area contributed by atoms with Crippen LogP contribution in [0.1, 0.15) is 42.7 Å². The van der Waals surface area contributed by atoms with E-state index in [9.17, 15) is 14.7 Å². The number of hydrogen-bond acceptors (Lipinski definition) is 6. The van der Waals surface area contributed by atoms with Crippen molar-refractivity contribution in [1.29, 1.82) is 0 Å². The van der Waals surface area contributed by atoms with E-state index >= 15 is 0 Å². The molecule has 1 N–H and O–H groups in total. The number of ether oxygens (including phenoxy) is 2. The Morgan fingerprint density at radius 3 is 2.58 bits per heavy atom. The third-order valence-corrected chi connectivity index (χ3v) is 5.88. The summed E-state index contributed by atoms with van der Waals surface area (Å²) in [6.07, 6.45) is 5.06. The van der Waals surface area contributed by atoms with Gasteiger partial charge in [-0.15, -0.1) is 0 Å². The summed E-state index contributed by atoms with van der Waals surface area (Å²) in [7, 11) is 0. The summed E-state index contributed by atoms with van der Waals surface area (Å²) in [6, 6.07) is 16.6. The number of carbonyl (C=O) groups excluding carboxylic acids is 2. The fraction of sp³-hybridized carbons (Fsp3) is 0.241. The van der Waals surface area contributed by atoms with Crippen LogP contribution in [0.2, 0.25) is 0 Å². The summed E-state index contributed by atoms with van der Waals surface area (Å²) in [5.41, 5.74) is 1.07. The maximum Gasteiger partial charge on any atom is 0.296 e. The zero-order valence-corrected chi connectivity index (χ0v) is 20.2. The molecule has 2 aromatic carbocycles. The molecule has 1 fully saturated rings. The van der Waals surface area contributed by atoms with Crippen molar-refractivity contribution in [3.05, 3.63) is 102 Å². The minimum Gasteiger partial charge on any atom is -0.507 e. The lowest BCUT2D eigenvalue weighted by Gasteiger charge is -2.24. The maximum atomic E-state index is 13.2. The van der Waals surface area contributed by atoms with E-state index in [2.05, 4.69) is 13.5 Å². The first-order valence-electron chi connectivity index (χ1n) is 11.9. The molecule has 1 aromatic heterocycles. The molecule has 0 bridgehead atoms. The Bertz CT molecular complexity index is 1240. The molecule has 0 saturated carbocycles. The van der Waals surface area contributed by atoms with Gasteiger partial charge in [0.2, 0.25) is 0 Å². The number of unbranched alkanes of at least 4 members (excludes halogenated alkanes) is 1. The van der Waals surface area contributed by atoms with Crippen LogP contribution >= 0.6 is 0 Å². The predicted octanol–water partition coefficient (Wildman–Crippen LogP) is 5.65. The molecule has 0 spiro atoms. The Balaban J connectivity index is 1.75. The minimum atomic E-state index is -0.812. The van der Waals surface area contributed by atoms with Crippen molar-refractivity contribution >= 4 is 17.4 Å². The van der Waals surface area contributed by atoms with Gasteiger partial charge >= 0.3 is 0 Å². The number of amides is 1. The first kappa shape index (κ1) is 24.9. The molecule has 186 valence electrons. The molecule has 7 heteroatoms. The Kier molecular flexibility index (Phi) is 7.90. The zero-order valence-electron chi connectivity index (χ0n) is 20.2. The van der Waals surface area contributed by atoms with Crippen molar-refractivity contribution in [3.8, 4) is 11.5 Å². The van der Waals surface area contributed by atoms with Crippen molar-refractivity contribution in [2.24, 2.45) is 0 Å². The van der Waals surface area contributed by atoms with Crippen molar-refractivity contribution in [3.63, 3.8) is 0 Å². The van der Waals surface area contributed by atoms with Crippen LogP contribution in [-0.2, 0) is 16.1 Å². The molecular formula is C29H29NO6. The van der Waals surface area contributed by atoms with Gasteiger partial charge in [0.1, 0.15) is 29.6 Å². The van der Waals surface area contributed by atoms with Crippen LogP contribution in [0.4, 0.5) is 0 Å². The van der Waals surface area contributed by atoms with Gasteiger partial charge in [0, 0.05) is 5.56 Å². The van der Waals surface area contributed by atoms with E-state index in [1.54, 1.807) is 66.7 Å². The van der Waals surface area contributed by atoms with Crippen molar-refractivity contribution in [2.75, 3.05) is 13.2 Å². The Labute approximate surface area is 210 Å². The highest BCUT2D eigenvalue weighted by Crippen LogP contribution is 2.41. The van der Waals surface area contributed by atoms with Crippen LogP contribution in [-0.4, -0.2) is 34.9 Å². The summed E-state index contributed by atoms with van der Waals surface area (Å²) in [4.78, 5) is 27.8. The summed E-state index contributed by atoms with van der Waals surface area (Å²) < 4.78 is 16.8. The van der Waals surface area contributed by atoms with Crippen LogP contribution in [0.15, 0.2) is 89.6 Å². The van der Waals surface area contributed by atoms with E-state index in [1.807, 2.05) is 0 Å². The molecule has 3 aromatic rings. The maximum absolute atomic E-state index is 13.2. The Morgan fingerprint density at radius 2 is 1.89 bits per heavy atom. The first-order valence-corrected chi connectivity index (χ1v) is 11.9. The number of hydrogen-bond donors (Lipinski definition) is 1. The monoisotopic (exact) mass is 487 g/mol. The molecule has 2 heterocycles. The highest BCUT2D eigenvalue weighted by molar-refractivity contribution is 6.46. The van der Waals surface area contributed by atoms with Gasteiger partial charge in [0.25, 0.3) is 11.7 Å². The summed E-state index contributed by atoms with van der Waals surface area (Å²) in [6.45, 7) is 6.70.